The van der Waals surface area contributed by atoms with Crippen LogP contribution in [0.4, 0.5) is 5.69 Å². The first-order valence-electron chi connectivity index (χ1n) is 5.63. The van der Waals surface area contributed by atoms with Gasteiger partial charge < -0.3 is 10.6 Å². The highest BCUT2D eigenvalue weighted by atomic mass is 15.2. The van der Waals surface area contributed by atoms with Crippen LogP contribution in [0.3, 0.4) is 0 Å². The number of hydrogen-bond donors (Lipinski definition) is 2. The average Bonchev–Trinajstić information content (AvgIpc) is 2.59. The lowest BCUT2D eigenvalue weighted by Gasteiger charge is -2.18. The molecule has 0 bridgehead atoms. The molecule has 1 fully saturated rings. The van der Waals surface area contributed by atoms with Gasteiger partial charge in [0.05, 0.1) is 0 Å². The molecule has 16 heavy (non-hydrogen) atoms. The van der Waals surface area contributed by atoms with E-state index in [4.69, 9.17) is 11.1 Å². The number of nitrogens with two attached hydrogens (primary N) is 1. The second-order valence-corrected chi connectivity index (χ2v) is 4.67. The highest BCUT2D eigenvalue weighted by Gasteiger charge is 2.26. The molecule has 2 unspecified atom stereocenters. The summed E-state index contributed by atoms with van der Waals surface area (Å²) in [4.78, 5) is 6.41. The minimum absolute atomic E-state index is 0.0298. The zero-order valence-electron chi connectivity index (χ0n) is 9.77. The predicted molar refractivity (Wildman–Crippen MR) is 65.8 cm³/mol. The van der Waals surface area contributed by atoms with Crippen molar-refractivity contribution in [3.63, 3.8) is 0 Å². The Morgan fingerprint density at radius 1 is 1.44 bits per heavy atom. The van der Waals surface area contributed by atoms with E-state index in [9.17, 15) is 0 Å². The number of rotatable bonds is 2. The molecule has 4 nitrogen and oxygen atoms in total. The number of amidine groups is 1. The van der Waals surface area contributed by atoms with Crippen molar-refractivity contribution >= 4 is 11.5 Å². The molecule has 0 aliphatic carbocycles. The van der Waals surface area contributed by atoms with Crippen LogP contribution in [0.2, 0.25) is 0 Å². The van der Waals surface area contributed by atoms with Crippen LogP contribution in [0.15, 0.2) is 18.3 Å². The van der Waals surface area contributed by atoms with E-state index in [0.29, 0.717) is 17.5 Å². The number of nitrogens with zero attached hydrogens (tertiary/aromatic N) is 2. The lowest BCUT2D eigenvalue weighted by molar-refractivity contribution is 0.494. The third-order valence-electron chi connectivity index (χ3n) is 3.37. The van der Waals surface area contributed by atoms with Gasteiger partial charge in [-0.1, -0.05) is 13.8 Å². The molecule has 2 atom stereocenters. The summed E-state index contributed by atoms with van der Waals surface area (Å²) in [6.07, 6.45) is 1.72. The summed E-state index contributed by atoms with van der Waals surface area (Å²) >= 11 is 0. The fraction of sp³-hybridized carbons (Fsp3) is 0.500. The predicted octanol–water partition coefficient (Wildman–Crippen LogP) is 1.46. The molecule has 0 aromatic carbocycles. The molecular formula is C12H18N4. The van der Waals surface area contributed by atoms with Gasteiger partial charge in [0.15, 0.2) is 0 Å². The molecule has 0 spiro atoms. The second kappa shape index (κ2) is 4.12. The minimum atomic E-state index is 0.0298. The zero-order chi connectivity index (χ0) is 11.7. The maximum absolute atomic E-state index is 7.38. The SMILES string of the molecule is CC1CN(c2ccnc(C(=N)N)c2)CC1C. The molecule has 1 saturated heterocycles. The summed E-state index contributed by atoms with van der Waals surface area (Å²) in [5.74, 6) is 1.46. The van der Waals surface area contributed by atoms with Crippen molar-refractivity contribution in [3.8, 4) is 0 Å². The standard InChI is InChI=1S/C12H18N4/c1-8-6-16(7-9(8)2)10-3-4-15-11(5-10)12(13)14/h3-5,8-9H,6-7H2,1-2H3,(H3,13,14). The number of pyridine rings is 1. The van der Waals surface area contributed by atoms with Crippen molar-refractivity contribution in [2.24, 2.45) is 17.6 Å². The van der Waals surface area contributed by atoms with Gasteiger partial charge in [-0.2, -0.15) is 0 Å². The highest BCUT2D eigenvalue weighted by molar-refractivity contribution is 5.93. The maximum Gasteiger partial charge on any atom is 0.141 e. The molecule has 1 aliphatic heterocycles. The molecule has 1 aromatic rings. The Morgan fingerprint density at radius 2 is 2.06 bits per heavy atom. The summed E-state index contributed by atoms with van der Waals surface area (Å²) in [6.45, 7) is 6.69. The van der Waals surface area contributed by atoms with E-state index in [0.717, 1.165) is 18.8 Å². The van der Waals surface area contributed by atoms with Crippen LogP contribution in [-0.4, -0.2) is 23.9 Å². The summed E-state index contributed by atoms with van der Waals surface area (Å²) in [7, 11) is 0. The summed E-state index contributed by atoms with van der Waals surface area (Å²) in [6, 6.07) is 3.88. The smallest absolute Gasteiger partial charge is 0.141 e. The normalized spacial score (nSPS) is 24.8. The fourth-order valence-electron chi connectivity index (χ4n) is 2.10. The number of nitrogen functional groups attached to an aromatic ring is 1. The molecule has 86 valence electrons. The van der Waals surface area contributed by atoms with Gasteiger partial charge in [0.25, 0.3) is 0 Å². The van der Waals surface area contributed by atoms with Gasteiger partial charge >= 0.3 is 0 Å². The van der Waals surface area contributed by atoms with Crippen molar-refractivity contribution in [2.45, 2.75) is 13.8 Å². The summed E-state index contributed by atoms with van der Waals surface area (Å²) < 4.78 is 0. The summed E-state index contributed by atoms with van der Waals surface area (Å²) in [5.41, 5.74) is 7.12. The van der Waals surface area contributed by atoms with E-state index in [1.54, 1.807) is 6.20 Å². The third kappa shape index (κ3) is 2.01. The number of nitrogens with one attached hydrogen (secondary N) is 1. The largest absolute Gasteiger partial charge is 0.382 e. The third-order valence-corrected chi connectivity index (χ3v) is 3.37. The van der Waals surface area contributed by atoms with E-state index >= 15 is 0 Å². The molecule has 3 N–H and O–H groups in total. The van der Waals surface area contributed by atoms with Crippen molar-refractivity contribution in [2.75, 3.05) is 18.0 Å². The van der Waals surface area contributed by atoms with Crippen molar-refractivity contribution in [3.05, 3.63) is 24.0 Å². The minimum Gasteiger partial charge on any atom is -0.382 e. The Kier molecular flexibility index (Phi) is 2.81. The topological polar surface area (TPSA) is 66.0 Å². The molecule has 0 amide bonds. The Morgan fingerprint density at radius 3 is 2.62 bits per heavy atom. The summed E-state index contributed by atoms with van der Waals surface area (Å²) in [5, 5.41) is 7.38. The Balaban J connectivity index is 2.21. The van der Waals surface area contributed by atoms with Crippen LogP contribution in [0.5, 0.6) is 0 Å². The van der Waals surface area contributed by atoms with Gasteiger partial charge in [0, 0.05) is 25.0 Å². The van der Waals surface area contributed by atoms with Gasteiger partial charge in [-0.25, -0.2) is 0 Å². The zero-order valence-corrected chi connectivity index (χ0v) is 9.77. The van der Waals surface area contributed by atoms with Crippen LogP contribution in [-0.2, 0) is 0 Å². The lowest BCUT2D eigenvalue weighted by Crippen LogP contribution is -2.21. The Bertz CT molecular complexity index is 392. The van der Waals surface area contributed by atoms with Crippen LogP contribution >= 0.6 is 0 Å². The number of aromatic nitrogens is 1. The quantitative estimate of drug-likeness (QED) is 0.583. The Hall–Kier alpha value is -1.58. The average molecular weight is 218 g/mol. The molecule has 2 heterocycles. The first-order chi connectivity index (χ1) is 7.58. The molecule has 0 radical (unpaired) electrons. The van der Waals surface area contributed by atoms with E-state index in [-0.39, 0.29) is 5.84 Å². The van der Waals surface area contributed by atoms with Crippen LogP contribution < -0.4 is 10.6 Å². The molecule has 0 saturated carbocycles. The molecule has 2 rings (SSSR count). The van der Waals surface area contributed by atoms with Crippen LogP contribution in [0.1, 0.15) is 19.5 Å². The highest BCUT2D eigenvalue weighted by Crippen LogP contribution is 2.27. The molecule has 1 aromatic heterocycles. The van der Waals surface area contributed by atoms with Gasteiger partial charge in [-0.15, -0.1) is 0 Å². The monoisotopic (exact) mass is 218 g/mol. The second-order valence-electron chi connectivity index (χ2n) is 4.67. The van der Waals surface area contributed by atoms with Gasteiger partial charge in [0.2, 0.25) is 0 Å². The fourth-order valence-corrected chi connectivity index (χ4v) is 2.10. The maximum atomic E-state index is 7.38. The van der Waals surface area contributed by atoms with E-state index in [1.165, 1.54) is 0 Å². The first-order valence-corrected chi connectivity index (χ1v) is 5.63. The van der Waals surface area contributed by atoms with Crippen LogP contribution in [0, 0.1) is 17.2 Å². The molecule has 1 aliphatic rings. The number of hydrogen-bond acceptors (Lipinski definition) is 3. The molecule has 4 heteroatoms. The molecular weight excluding hydrogens is 200 g/mol. The van der Waals surface area contributed by atoms with Crippen molar-refractivity contribution in [1.29, 1.82) is 5.41 Å². The van der Waals surface area contributed by atoms with E-state index in [2.05, 4.69) is 23.7 Å². The van der Waals surface area contributed by atoms with Crippen LogP contribution in [0.25, 0.3) is 0 Å². The number of anilines is 1. The van der Waals surface area contributed by atoms with Gasteiger partial charge in [0.1, 0.15) is 11.5 Å². The van der Waals surface area contributed by atoms with E-state index in [1.807, 2.05) is 12.1 Å². The first kappa shape index (κ1) is 10.9. The van der Waals surface area contributed by atoms with Gasteiger partial charge in [-0.05, 0) is 24.0 Å². The van der Waals surface area contributed by atoms with Crippen molar-refractivity contribution in [1.82, 2.24) is 4.98 Å². The Labute approximate surface area is 96.0 Å². The van der Waals surface area contributed by atoms with Crippen molar-refractivity contribution < 1.29 is 0 Å². The van der Waals surface area contributed by atoms with Gasteiger partial charge in [-0.3, -0.25) is 10.4 Å². The van der Waals surface area contributed by atoms with E-state index < -0.39 is 0 Å². The lowest BCUT2D eigenvalue weighted by atomic mass is 10.0.